The van der Waals surface area contributed by atoms with Crippen LogP contribution in [0.3, 0.4) is 0 Å². The second kappa shape index (κ2) is 4.94. The van der Waals surface area contributed by atoms with Crippen molar-refractivity contribution in [1.29, 1.82) is 0 Å². The van der Waals surface area contributed by atoms with Gasteiger partial charge in [0, 0.05) is 5.56 Å². The zero-order valence-electron chi connectivity index (χ0n) is 7.88. The summed E-state index contributed by atoms with van der Waals surface area (Å²) in [6, 6.07) is 5.34. The van der Waals surface area contributed by atoms with Crippen molar-refractivity contribution in [3.8, 4) is 0 Å². The quantitative estimate of drug-likeness (QED) is 0.634. The van der Waals surface area contributed by atoms with Crippen LogP contribution in [0.4, 0.5) is 8.78 Å². The van der Waals surface area contributed by atoms with Crippen molar-refractivity contribution >= 4 is 43.2 Å². The second-order valence-corrected chi connectivity index (χ2v) is 6.42. The molecule has 2 aromatic rings. The first-order valence-corrected chi connectivity index (χ1v) is 6.99. The average Bonchev–Trinajstić information content (AvgIpc) is 2.67. The largest absolute Gasteiger partial charge is 0.207 e. The standard InChI is InChI=1S/C11H6Br2F2S/c12-10-3-6(5-16-10)11(13)8-4-7(14)1-2-9(8)15/h1-5,11H. The number of hydrogen-bond donors (Lipinski definition) is 0. The van der Waals surface area contributed by atoms with Gasteiger partial charge in [-0.25, -0.2) is 8.78 Å². The fraction of sp³-hybridized carbons (Fsp3) is 0.0909. The van der Waals surface area contributed by atoms with Crippen molar-refractivity contribution in [3.63, 3.8) is 0 Å². The molecule has 0 aliphatic heterocycles. The highest BCUT2D eigenvalue weighted by Crippen LogP contribution is 2.36. The minimum Gasteiger partial charge on any atom is -0.207 e. The van der Waals surface area contributed by atoms with E-state index >= 15 is 0 Å². The zero-order chi connectivity index (χ0) is 11.7. The molecule has 0 saturated heterocycles. The van der Waals surface area contributed by atoms with Crippen molar-refractivity contribution in [2.24, 2.45) is 0 Å². The van der Waals surface area contributed by atoms with E-state index < -0.39 is 11.6 Å². The molecule has 1 aromatic heterocycles. The van der Waals surface area contributed by atoms with Crippen LogP contribution in [0.1, 0.15) is 16.0 Å². The summed E-state index contributed by atoms with van der Waals surface area (Å²) < 4.78 is 27.5. The maximum atomic E-state index is 13.5. The van der Waals surface area contributed by atoms with Crippen LogP contribution >= 0.6 is 43.2 Å². The number of hydrogen-bond acceptors (Lipinski definition) is 1. The van der Waals surface area contributed by atoms with Gasteiger partial charge in [0.25, 0.3) is 0 Å². The molecule has 0 aliphatic carbocycles. The smallest absolute Gasteiger partial charge is 0.128 e. The van der Waals surface area contributed by atoms with Crippen molar-refractivity contribution in [2.45, 2.75) is 4.83 Å². The molecule has 1 heterocycles. The molecule has 0 fully saturated rings. The van der Waals surface area contributed by atoms with Gasteiger partial charge >= 0.3 is 0 Å². The summed E-state index contributed by atoms with van der Waals surface area (Å²) in [7, 11) is 0. The van der Waals surface area contributed by atoms with Crippen LogP contribution in [0, 0.1) is 11.6 Å². The first-order chi connectivity index (χ1) is 7.58. The molecule has 0 N–H and O–H groups in total. The molecule has 84 valence electrons. The van der Waals surface area contributed by atoms with Crippen LogP contribution in [0.2, 0.25) is 0 Å². The van der Waals surface area contributed by atoms with E-state index in [4.69, 9.17) is 0 Å². The van der Waals surface area contributed by atoms with Gasteiger partial charge in [-0.1, -0.05) is 15.9 Å². The van der Waals surface area contributed by atoms with Gasteiger partial charge in [0.2, 0.25) is 0 Å². The number of thiophene rings is 1. The Labute approximate surface area is 113 Å². The van der Waals surface area contributed by atoms with Gasteiger partial charge in [0.05, 0.1) is 8.61 Å². The average molecular weight is 368 g/mol. The third-order valence-electron chi connectivity index (χ3n) is 2.11. The number of alkyl halides is 1. The Morgan fingerprint density at radius 1 is 1.19 bits per heavy atom. The summed E-state index contributed by atoms with van der Waals surface area (Å²) in [6.07, 6.45) is 0. The van der Waals surface area contributed by atoms with E-state index in [-0.39, 0.29) is 4.83 Å². The molecular weight excluding hydrogens is 362 g/mol. The Morgan fingerprint density at radius 3 is 2.56 bits per heavy atom. The Kier molecular flexibility index (Phi) is 3.77. The molecule has 0 radical (unpaired) electrons. The second-order valence-electron chi connectivity index (χ2n) is 3.21. The molecule has 1 aromatic carbocycles. The van der Waals surface area contributed by atoms with Crippen LogP contribution < -0.4 is 0 Å². The number of rotatable bonds is 2. The lowest BCUT2D eigenvalue weighted by molar-refractivity contribution is 0.588. The molecule has 0 bridgehead atoms. The Hall–Kier alpha value is -0.260. The van der Waals surface area contributed by atoms with E-state index in [1.807, 2.05) is 11.4 Å². The molecule has 0 spiro atoms. The van der Waals surface area contributed by atoms with Gasteiger partial charge in [-0.05, 0) is 51.1 Å². The first-order valence-electron chi connectivity index (χ1n) is 4.41. The summed E-state index contributed by atoms with van der Waals surface area (Å²) in [5, 5.41) is 1.90. The van der Waals surface area contributed by atoms with E-state index in [1.165, 1.54) is 17.4 Å². The Bertz CT molecular complexity index is 510. The maximum Gasteiger partial charge on any atom is 0.128 e. The zero-order valence-corrected chi connectivity index (χ0v) is 11.9. The predicted molar refractivity (Wildman–Crippen MR) is 69.1 cm³/mol. The molecule has 1 atom stereocenters. The SMILES string of the molecule is Fc1ccc(F)c(C(Br)c2csc(Br)c2)c1. The van der Waals surface area contributed by atoms with E-state index in [0.29, 0.717) is 5.56 Å². The van der Waals surface area contributed by atoms with Crippen molar-refractivity contribution < 1.29 is 8.78 Å². The third kappa shape index (κ3) is 2.52. The molecule has 1 unspecified atom stereocenters. The van der Waals surface area contributed by atoms with E-state index in [0.717, 1.165) is 21.5 Å². The molecule has 16 heavy (non-hydrogen) atoms. The lowest BCUT2D eigenvalue weighted by Gasteiger charge is -2.09. The first kappa shape index (κ1) is 12.2. The van der Waals surface area contributed by atoms with Gasteiger partial charge in [-0.3, -0.25) is 0 Å². The van der Waals surface area contributed by atoms with Crippen LogP contribution in [-0.2, 0) is 0 Å². The maximum absolute atomic E-state index is 13.5. The van der Waals surface area contributed by atoms with E-state index in [9.17, 15) is 8.78 Å². The van der Waals surface area contributed by atoms with Gasteiger partial charge in [0.15, 0.2) is 0 Å². The van der Waals surface area contributed by atoms with Crippen molar-refractivity contribution in [3.05, 3.63) is 56.2 Å². The molecule has 0 amide bonds. The van der Waals surface area contributed by atoms with E-state index in [1.54, 1.807) is 0 Å². The van der Waals surface area contributed by atoms with E-state index in [2.05, 4.69) is 31.9 Å². The molecular formula is C11H6Br2F2S. The summed E-state index contributed by atoms with van der Waals surface area (Å²) >= 11 is 8.22. The highest BCUT2D eigenvalue weighted by atomic mass is 79.9. The van der Waals surface area contributed by atoms with Gasteiger partial charge in [-0.2, -0.15) is 0 Å². The molecule has 5 heteroatoms. The Balaban J connectivity index is 2.40. The molecule has 0 aliphatic rings. The fourth-order valence-corrected chi connectivity index (χ4v) is 3.34. The number of benzene rings is 1. The predicted octanol–water partition coefficient (Wildman–Crippen LogP) is 5.27. The monoisotopic (exact) mass is 366 g/mol. The lowest BCUT2D eigenvalue weighted by atomic mass is 10.1. The topological polar surface area (TPSA) is 0 Å². The van der Waals surface area contributed by atoms with Gasteiger partial charge < -0.3 is 0 Å². The van der Waals surface area contributed by atoms with Crippen molar-refractivity contribution in [2.75, 3.05) is 0 Å². The van der Waals surface area contributed by atoms with Crippen LogP contribution in [0.5, 0.6) is 0 Å². The van der Waals surface area contributed by atoms with Crippen LogP contribution in [-0.4, -0.2) is 0 Å². The summed E-state index contributed by atoms with van der Waals surface area (Å²) in [5.41, 5.74) is 1.21. The highest BCUT2D eigenvalue weighted by molar-refractivity contribution is 9.11. The summed E-state index contributed by atoms with van der Waals surface area (Å²) in [5.74, 6) is -0.847. The summed E-state index contributed by atoms with van der Waals surface area (Å²) in [4.78, 5) is -0.328. The fourth-order valence-electron chi connectivity index (χ4n) is 1.34. The lowest BCUT2D eigenvalue weighted by Crippen LogP contribution is -1.96. The van der Waals surface area contributed by atoms with Crippen LogP contribution in [0.25, 0.3) is 0 Å². The molecule has 2 rings (SSSR count). The normalized spacial score (nSPS) is 12.8. The third-order valence-corrected chi connectivity index (χ3v) is 4.66. The van der Waals surface area contributed by atoms with Crippen LogP contribution in [0.15, 0.2) is 33.4 Å². The highest BCUT2D eigenvalue weighted by Gasteiger charge is 2.16. The van der Waals surface area contributed by atoms with Gasteiger partial charge in [-0.15, -0.1) is 11.3 Å². The van der Waals surface area contributed by atoms with Crippen molar-refractivity contribution in [1.82, 2.24) is 0 Å². The van der Waals surface area contributed by atoms with Gasteiger partial charge in [0.1, 0.15) is 11.6 Å². The molecule has 0 nitrogen and oxygen atoms in total. The minimum absolute atomic E-state index is 0.310. The number of halogens is 4. The summed E-state index contributed by atoms with van der Waals surface area (Å²) in [6.45, 7) is 0. The molecule has 0 saturated carbocycles. The Morgan fingerprint density at radius 2 is 1.94 bits per heavy atom. The minimum atomic E-state index is -0.435.